The van der Waals surface area contributed by atoms with Crippen molar-refractivity contribution in [1.82, 2.24) is 10.3 Å². The molecule has 0 saturated carbocycles. The minimum Gasteiger partial charge on any atom is -0.465 e. The fourth-order valence-corrected chi connectivity index (χ4v) is 9.18. The number of aliphatic hydroxyl groups excluding tert-OH is 9. The van der Waals surface area contributed by atoms with Crippen molar-refractivity contribution in [2.75, 3.05) is 63.4 Å². The van der Waals surface area contributed by atoms with Crippen LogP contribution in [0.2, 0.25) is 0 Å². The largest absolute Gasteiger partial charge is 0.465 e. The van der Waals surface area contributed by atoms with Gasteiger partial charge in [-0.2, -0.15) is 0 Å². The molecule has 2 rings (SSSR count). The second-order valence-corrected chi connectivity index (χ2v) is 19.3. The molecule has 350 valence electrons. The van der Waals surface area contributed by atoms with E-state index in [0.29, 0.717) is 23.7 Å². The molecule has 1 aromatic heterocycles. The molecule has 61 heavy (non-hydrogen) atoms. The van der Waals surface area contributed by atoms with Gasteiger partial charge in [-0.1, -0.05) is 52.3 Å². The number of carbonyl (C=O) groups is 4. The Labute approximate surface area is 370 Å². The van der Waals surface area contributed by atoms with E-state index in [-0.39, 0.29) is 45.8 Å². The number of amides is 1. The van der Waals surface area contributed by atoms with Crippen molar-refractivity contribution in [2.45, 2.75) is 100 Å². The summed E-state index contributed by atoms with van der Waals surface area (Å²) in [5, 5.41) is 92.7. The highest BCUT2D eigenvalue weighted by Gasteiger charge is 2.47. The number of ether oxygens (including phenoxy) is 5. The summed E-state index contributed by atoms with van der Waals surface area (Å²) < 4.78 is 26.7. The molecule has 12 atom stereocenters. The summed E-state index contributed by atoms with van der Waals surface area (Å²) in [7, 11) is 5.49. The van der Waals surface area contributed by atoms with Gasteiger partial charge in [0.25, 0.3) is 5.91 Å². The first-order chi connectivity index (χ1) is 29.0. The van der Waals surface area contributed by atoms with Gasteiger partial charge >= 0.3 is 17.9 Å². The van der Waals surface area contributed by atoms with Crippen LogP contribution in [0.1, 0.15) is 40.0 Å². The Bertz CT molecular complexity index is 1440. The molecule has 24 heteroatoms. The zero-order valence-electron chi connectivity index (χ0n) is 34.1. The van der Waals surface area contributed by atoms with E-state index in [4.69, 9.17) is 28.8 Å². The summed E-state index contributed by atoms with van der Waals surface area (Å²) >= 11 is 0. The third-order valence-electron chi connectivity index (χ3n) is 9.47. The van der Waals surface area contributed by atoms with Gasteiger partial charge in [0.2, 0.25) is 0 Å². The van der Waals surface area contributed by atoms with E-state index in [9.17, 15) is 60.0 Å². The molecule has 1 aliphatic heterocycles. The quantitative estimate of drug-likeness (QED) is 0.0184. The number of nitrogens with zero attached hydrogens (tertiary/aromatic N) is 1. The summed E-state index contributed by atoms with van der Waals surface area (Å²) in [6.07, 6.45) is -14.9. The van der Waals surface area contributed by atoms with E-state index >= 15 is 0 Å². The average Bonchev–Trinajstić information content (AvgIpc) is 3.26. The molecule has 2 heterocycles. The van der Waals surface area contributed by atoms with Gasteiger partial charge in [0.1, 0.15) is 67.6 Å². The first-order valence-electron chi connectivity index (χ1n) is 19.5. The van der Waals surface area contributed by atoms with E-state index in [1.54, 1.807) is 27.0 Å². The predicted molar refractivity (Wildman–Crippen MR) is 224 cm³/mol. The molecule has 0 aromatic carbocycles. The highest BCUT2D eigenvalue weighted by atomic mass is 33.1. The van der Waals surface area contributed by atoms with Crippen LogP contribution in [-0.4, -0.2) is 193 Å². The van der Waals surface area contributed by atoms with Crippen LogP contribution in [0.25, 0.3) is 0 Å². The number of hydrogen-bond donors (Lipinski definition) is 10. The lowest BCUT2D eigenvalue weighted by Crippen LogP contribution is -2.62. The number of esters is 3. The number of carbonyl (C=O) groups excluding carboxylic acids is 4. The normalized spacial score (nSPS) is 23.0. The third kappa shape index (κ3) is 18.6. The SMILES string of the molecule is CCC(C)(CC(CC(C)C(=O)OCCSSCCNC(=O)[C@H](O)[C@@H](O)C(O[C@@H]1O[C@H](CO)[C@H](O)[C@H](O)[C@H]1O)[C@H](O)CO)C(=O)OCCSSc1ccccn1)C(=O)OCCO. The van der Waals surface area contributed by atoms with Gasteiger partial charge in [-0.3, -0.25) is 19.2 Å². The van der Waals surface area contributed by atoms with Gasteiger partial charge in [-0.15, -0.1) is 0 Å². The maximum atomic E-state index is 13.3. The Kier molecular flexibility index (Phi) is 26.6. The highest BCUT2D eigenvalue weighted by Crippen LogP contribution is 2.35. The van der Waals surface area contributed by atoms with Crippen LogP contribution in [0.15, 0.2) is 29.4 Å². The standard InChI is InChI=1S/C37H60N2O18S4/c1-4-37(3,36(52)55-11-10-40)18-22(34(51)54-13-16-60-61-25-7-5-6-8-38-25)17-21(2)33(50)53-12-15-59-58-14-9-39-32(49)29(47)28(46)31(23(43)19-41)57-35-30(48)27(45)26(44)24(20-42)56-35/h5-8,21-24,26-31,35,40-48H,4,9-20H2,1-3H3,(H,39,49)/t21?,22?,23-,24-,26+,27+,28-,29-,30-,31?,35+,37?/m1/s1. The Hall–Kier alpha value is -2.01. The lowest BCUT2D eigenvalue weighted by molar-refractivity contribution is -0.326. The van der Waals surface area contributed by atoms with Crippen molar-refractivity contribution < 1.29 is 88.8 Å². The third-order valence-corrected chi connectivity index (χ3v) is 14.1. The summed E-state index contributed by atoms with van der Waals surface area (Å²) in [6, 6.07) is 5.53. The van der Waals surface area contributed by atoms with Crippen molar-refractivity contribution in [3.8, 4) is 0 Å². The second-order valence-electron chi connectivity index (χ2n) is 14.1. The lowest BCUT2D eigenvalue weighted by Gasteiger charge is -2.42. The van der Waals surface area contributed by atoms with E-state index in [1.165, 1.54) is 43.2 Å². The maximum Gasteiger partial charge on any atom is 0.311 e. The number of rotatable bonds is 30. The lowest BCUT2D eigenvalue weighted by atomic mass is 9.76. The molecule has 1 saturated heterocycles. The van der Waals surface area contributed by atoms with Crippen molar-refractivity contribution >= 4 is 67.0 Å². The Morgan fingerprint density at radius 2 is 1.57 bits per heavy atom. The summed E-state index contributed by atoms with van der Waals surface area (Å²) in [5.41, 5.74) is -1.09. The number of aliphatic hydroxyl groups is 9. The minimum absolute atomic E-state index is 0.00135. The molecule has 0 aliphatic carbocycles. The van der Waals surface area contributed by atoms with Crippen LogP contribution in [0.3, 0.4) is 0 Å². The number of aromatic nitrogens is 1. The Balaban J connectivity index is 1.82. The van der Waals surface area contributed by atoms with Crippen LogP contribution < -0.4 is 5.32 Å². The molecular formula is C37H60N2O18S4. The van der Waals surface area contributed by atoms with Crippen LogP contribution in [0.5, 0.6) is 0 Å². The topological polar surface area (TPSA) is 321 Å². The van der Waals surface area contributed by atoms with Gasteiger partial charge in [-0.25, -0.2) is 4.98 Å². The smallest absolute Gasteiger partial charge is 0.311 e. The number of hydrogen-bond acceptors (Lipinski definition) is 23. The van der Waals surface area contributed by atoms with E-state index in [2.05, 4.69) is 10.3 Å². The fourth-order valence-electron chi connectivity index (χ4n) is 5.74. The van der Waals surface area contributed by atoms with Crippen molar-refractivity contribution in [1.29, 1.82) is 0 Å². The Morgan fingerprint density at radius 3 is 2.20 bits per heavy atom. The molecule has 20 nitrogen and oxygen atoms in total. The zero-order valence-corrected chi connectivity index (χ0v) is 37.4. The van der Waals surface area contributed by atoms with Crippen LogP contribution >= 0.6 is 43.2 Å². The first-order valence-corrected chi connectivity index (χ1v) is 24.3. The molecular weight excluding hydrogens is 889 g/mol. The average molecular weight is 949 g/mol. The highest BCUT2D eigenvalue weighted by molar-refractivity contribution is 8.77. The zero-order chi connectivity index (χ0) is 45.5. The van der Waals surface area contributed by atoms with Gasteiger partial charge in [0, 0.05) is 30.0 Å². The van der Waals surface area contributed by atoms with E-state index in [0.717, 1.165) is 5.03 Å². The summed E-state index contributed by atoms with van der Waals surface area (Å²) in [6.45, 7) is 2.81. The van der Waals surface area contributed by atoms with Gasteiger partial charge in [-0.05, 0) is 49.1 Å². The number of nitrogens with one attached hydrogen (secondary N) is 1. The van der Waals surface area contributed by atoms with Crippen molar-refractivity contribution in [3.63, 3.8) is 0 Å². The van der Waals surface area contributed by atoms with Crippen LogP contribution in [0, 0.1) is 17.3 Å². The molecule has 1 amide bonds. The molecule has 1 fully saturated rings. The Morgan fingerprint density at radius 1 is 0.902 bits per heavy atom. The number of pyridine rings is 1. The molecule has 1 aliphatic rings. The molecule has 1 aromatic rings. The van der Waals surface area contributed by atoms with Crippen LogP contribution in [-0.2, 0) is 42.9 Å². The molecule has 0 spiro atoms. The molecule has 4 unspecified atom stereocenters. The predicted octanol–water partition coefficient (Wildman–Crippen LogP) is -1.35. The monoisotopic (exact) mass is 948 g/mol. The summed E-state index contributed by atoms with van der Waals surface area (Å²) in [4.78, 5) is 56.0. The van der Waals surface area contributed by atoms with Crippen LogP contribution in [0.4, 0.5) is 0 Å². The van der Waals surface area contributed by atoms with Gasteiger partial charge < -0.3 is 75.0 Å². The van der Waals surface area contributed by atoms with Crippen molar-refractivity contribution in [2.24, 2.45) is 17.3 Å². The van der Waals surface area contributed by atoms with Crippen molar-refractivity contribution in [3.05, 3.63) is 24.4 Å². The minimum atomic E-state index is -2.20. The second kappa shape index (κ2) is 29.4. The molecule has 10 N–H and O–H groups in total. The molecule has 0 radical (unpaired) electrons. The first kappa shape index (κ1) is 55.1. The van der Waals surface area contributed by atoms with E-state index in [1.807, 2.05) is 18.2 Å². The van der Waals surface area contributed by atoms with Gasteiger partial charge in [0.05, 0.1) is 37.1 Å². The molecule has 0 bridgehead atoms. The van der Waals surface area contributed by atoms with E-state index < -0.39 is 109 Å². The van der Waals surface area contributed by atoms with Gasteiger partial charge in [0.15, 0.2) is 12.4 Å². The summed E-state index contributed by atoms with van der Waals surface area (Å²) in [5.74, 6) is -3.25. The fraction of sp³-hybridized carbons (Fsp3) is 0.757. The maximum absolute atomic E-state index is 13.3.